The fraction of sp³-hybridized carbons (Fsp3) is 0.250. The zero-order valence-electron chi connectivity index (χ0n) is 16.3. The molecular weight excluding hydrogens is 368 g/mol. The quantitative estimate of drug-likeness (QED) is 0.696. The predicted molar refractivity (Wildman–Crippen MR) is 108 cm³/mol. The Morgan fingerprint density at radius 3 is 2.69 bits per heavy atom. The first-order valence-corrected chi connectivity index (χ1v) is 9.60. The molecule has 2 atom stereocenters. The van der Waals surface area contributed by atoms with Crippen LogP contribution in [0.3, 0.4) is 0 Å². The summed E-state index contributed by atoms with van der Waals surface area (Å²) < 4.78 is 23.6. The molecule has 0 saturated heterocycles. The van der Waals surface area contributed by atoms with E-state index in [1.54, 1.807) is 19.2 Å². The Kier molecular flexibility index (Phi) is 4.05. The molecule has 5 rings (SSSR count). The second kappa shape index (κ2) is 6.62. The Balaban J connectivity index is 1.46. The Morgan fingerprint density at radius 2 is 1.90 bits per heavy atom. The van der Waals surface area contributed by atoms with E-state index in [2.05, 4.69) is 6.92 Å². The van der Waals surface area contributed by atoms with Gasteiger partial charge in [0.05, 0.1) is 12.5 Å². The molecule has 0 aliphatic carbocycles. The molecule has 5 heteroatoms. The third-order valence-corrected chi connectivity index (χ3v) is 5.77. The minimum absolute atomic E-state index is 0.102. The fourth-order valence-corrected chi connectivity index (χ4v) is 4.11. The van der Waals surface area contributed by atoms with Gasteiger partial charge in [0.2, 0.25) is 0 Å². The van der Waals surface area contributed by atoms with Crippen molar-refractivity contribution in [1.82, 2.24) is 0 Å². The third kappa shape index (κ3) is 2.85. The molecular formula is C24H22O5. The van der Waals surface area contributed by atoms with Gasteiger partial charge in [-0.05, 0) is 30.7 Å². The summed E-state index contributed by atoms with van der Waals surface area (Å²) >= 11 is 0. The van der Waals surface area contributed by atoms with Crippen LogP contribution in [0.4, 0.5) is 0 Å². The molecule has 3 aromatic rings. The second-order valence-corrected chi connectivity index (χ2v) is 7.70. The zero-order chi connectivity index (χ0) is 20.0. The maximum atomic E-state index is 10.6. The number of methoxy groups -OCH3 is 1. The SMILES string of the molecule is COc1ccc2c(c1)OCC1(C)c3cc(O)c(OCc4ccccc4)cc3OC21. The molecule has 0 saturated carbocycles. The van der Waals surface area contributed by atoms with E-state index >= 15 is 0 Å². The highest BCUT2D eigenvalue weighted by Crippen LogP contribution is 2.57. The summed E-state index contributed by atoms with van der Waals surface area (Å²) in [6.07, 6.45) is -0.198. The van der Waals surface area contributed by atoms with Crippen molar-refractivity contribution in [3.8, 4) is 28.7 Å². The average molecular weight is 390 g/mol. The molecule has 1 N–H and O–H groups in total. The summed E-state index contributed by atoms with van der Waals surface area (Å²) in [7, 11) is 1.64. The van der Waals surface area contributed by atoms with Crippen LogP contribution in [-0.4, -0.2) is 18.8 Å². The van der Waals surface area contributed by atoms with Gasteiger partial charge in [-0.25, -0.2) is 0 Å². The molecule has 2 unspecified atom stereocenters. The summed E-state index contributed by atoms with van der Waals surface area (Å²) in [5, 5.41) is 10.6. The molecule has 0 amide bonds. The van der Waals surface area contributed by atoms with Gasteiger partial charge in [0.1, 0.15) is 36.6 Å². The molecule has 0 bridgehead atoms. The van der Waals surface area contributed by atoms with E-state index in [9.17, 15) is 5.11 Å². The molecule has 5 nitrogen and oxygen atoms in total. The van der Waals surface area contributed by atoms with Crippen LogP contribution in [0.25, 0.3) is 0 Å². The third-order valence-electron chi connectivity index (χ3n) is 5.77. The summed E-state index contributed by atoms with van der Waals surface area (Å²) in [5.74, 6) is 2.74. The number of hydrogen-bond donors (Lipinski definition) is 1. The number of fused-ring (bicyclic) bond motifs is 5. The van der Waals surface area contributed by atoms with Gasteiger partial charge in [0.25, 0.3) is 0 Å². The first-order valence-electron chi connectivity index (χ1n) is 9.60. The molecule has 2 aliphatic heterocycles. The Labute approximate surface area is 169 Å². The number of aromatic hydroxyl groups is 1. The van der Waals surface area contributed by atoms with E-state index in [1.165, 1.54) is 0 Å². The van der Waals surface area contributed by atoms with Crippen molar-refractivity contribution in [2.75, 3.05) is 13.7 Å². The van der Waals surface area contributed by atoms with Gasteiger partial charge < -0.3 is 24.1 Å². The van der Waals surface area contributed by atoms with Crippen molar-refractivity contribution in [3.05, 3.63) is 77.4 Å². The van der Waals surface area contributed by atoms with Crippen LogP contribution in [0, 0.1) is 0 Å². The van der Waals surface area contributed by atoms with Crippen LogP contribution in [0.15, 0.2) is 60.7 Å². The summed E-state index contributed by atoms with van der Waals surface area (Å²) in [6.45, 7) is 2.93. The highest BCUT2D eigenvalue weighted by Gasteiger charge is 2.51. The molecule has 148 valence electrons. The maximum Gasteiger partial charge on any atom is 0.165 e. The Morgan fingerprint density at radius 1 is 1.07 bits per heavy atom. The van der Waals surface area contributed by atoms with Crippen LogP contribution in [0.1, 0.15) is 29.7 Å². The highest BCUT2D eigenvalue weighted by molar-refractivity contribution is 5.58. The van der Waals surface area contributed by atoms with Crippen LogP contribution in [-0.2, 0) is 12.0 Å². The van der Waals surface area contributed by atoms with Crippen LogP contribution in [0.5, 0.6) is 28.7 Å². The van der Waals surface area contributed by atoms with E-state index in [4.69, 9.17) is 18.9 Å². The van der Waals surface area contributed by atoms with Crippen molar-refractivity contribution in [3.63, 3.8) is 0 Å². The molecule has 2 aliphatic rings. The number of phenols is 1. The van der Waals surface area contributed by atoms with Crippen molar-refractivity contribution in [1.29, 1.82) is 0 Å². The van der Waals surface area contributed by atoms with Gasteiger partial charge >= 0.3 is 0 Å². The Hall–Kier alpha value is -3.34. The van der Waals surface area contributed by atoms with E-state index < -0.39 is 5.41 Å². The van der Waals surface area contributed by atoms with Gasteiger partial charge in [-0.2, -0.15) is 0 Å². The van der Waals surface area contributed by atoms with E-state index in [0.717, 1.165) is 28.2 Å². The summed E-state index contributed by atoms with van der Waals surface area (Å²) in [5.41, 5.74) is 2.53. The number of hydrogen-bond acceptors (Lipinski definition) is 5. The van der Waals surface area contributed by atoms with Crippen molar-refractivity contribution < 1.29 is 24.1 Å². The van der Waals surface area contributed by atoms with E-state index in [-0.39, 0.29) is 11.9 Å². The topological polar surface area (TPSA) is 57.2 Å². The zero-order valence-corrected chi connectivity index (χ0v) is 16.3. The van der Waals surface area contributed by atoms with Crippen molar-refractivity contribution in [2.24, 2.45) is 0 Å². The number of benzene rings is 3. The van der Waals surface area contributed by atoms with Gasteiger partial charge in [0.15, 0.2) is 11.5 Å². The molecule has 0 fully saturated rings. The molecule has 3 aromatic carbocycles. The standard InChI is InChI=1S/C24H22O5/c1-24-14-28-20-10-16(26-2)8-9-17(20)23(24)29-21-12-22(19(25)11-18(21)24)27-13-15-6-4-3-5-7-15/h3-12,23,25H,13-14H2,1-2H3. The van der Waals surface area contributed by atoms with Gasteiger partial charge in [0, 0.05) is 23.3 Å². The van der Waals surface area contributed by atoms with Crippen LogP contribution >= 0.6 is 0 Å². The average Bonchev–Trinajstić information content (AvgIpc) is 3.04. The number of ether oxygens (including phenoxy) is 4. The molecule has 0 radical (unpaired) electrons. The second-order valence-electron chi connectivity index (χ2n) is 7.70. The van der Waals surface area contributed by atoms with Crippen LogP contribution < -0.4 is 18.9 Å². The lowest BCUT2D eigenvalue weighted by atomic mass is 9.75. The minimum atomic E-state index is -0.396. The lowest BCUT2D eigenvalue weighted by Gasteiger charge is -2.36. The van der Waals surface area contributed by atoms with Crippen LogP contribution in [0.2, 0.25) is 0 Å². The predicted octanol–water partition coefficient (Wildman–Crippen LogP) is 4.76. The molecule has 2 heterocycles. The van der Waals surface area contributed by atoms with Crippen molar-refractivity contribution >= 4 is 0 Å². The molecule has 0 spiro atoms. The van der Waals surface area contributed by atoms with Gasteiger partial charge in [-0.3, -0.25) is 0 Å². The highest BCUT2D eigenvalue weighted by atomic mass is 16.5. The first kappa shape index (κ1) is 17.7. The van der Waals surface area contributed by atoms with Gasteiger partial charge in [-0.1, -0.05) is 30.3 Å². The fourth-order valence-electron chi connectivity index (χ4n) is 4.11. The van der Waals surface area contributed by atoms with Gasteiger partial charge in [-0.15, -0.1) is 0 Å². The van der Waals surface area contributed by atoms with Crippen molar-refractivity contribution in [2.45, 2.75) is 25.0 Å². The summed E-state index contributed by atoms with van der Waals surface area (Å²) in [6, 6.07) is 19.1. The smallest absolute Gasteiger partial charge is 0.165 e. The first-order chi connectivity index (χ1) is 14.1. The number of phenolic OH excluding ortho intramolecular Hbond substituents is 1. The Bertz CT molecular complexity index is 1060. The normalized spacial score (nSPS) is 21.2. The van der Waals surface area contributed by atoms with E-state index in [1.807, 2.05) is 48.5 Å². The molecule has 29 heavy (non-hydrogen) atoms. The molecule has 0 aromatic heterocycles. The lowest BCUT2D eigenvalue weighted by molar-refractivity contribution is 0.0823. The number of rotatable bonds is 4. The minimum Gasteiger partial charge on any atom is -0.504 e. The van der Waals surface area contributed by atoms with E-state index in [0.29, 0.717) is 24.7 Å². The maximum absolute atomic E-state index is 10.6. The lowest BCUT2D eigenvalue weighted by Crippen LogP contribution is -2.38. The monoisotopic (exact) mass is 390 g/mol. The summed E-state index contributed by atoms with van der Waals surface area (Å²) in [4.78, 5) is 0. The largest absolute Gasteiger partial charge is 0.504 e.